The van der Waals surface area contributed by atoms with Crippen LogP contribution in [0.3, 0.4) is 0 Å². The number of halogens is 2. The van der Waals surface area contributed by atoms with Gasteiger partial charge in [-0.15, -0.1) is 0 Å². The predicted octanol–water partition coefficient (Wildman–Crippen LogP) is 4.46. The van der Waals surface area contributed by atoms with Gasteiger partial charge < -0.3 is 5.73 Å². The fraction of sp³-hybridized carbons (Fsp3) is 0.294. The van der Waals surface area contributed by atoms with E-state index in [0.29, 0.717) is 6.42 Å². The third-order valence-corrected chi connectivity index (χ3v) is 3.87. The second kappa shape index (κ2) is 5.94. The molecule has 1 nitrogen and oxygen atoms in total. The van der Waals surface area contributed by atoms with Crippen molar-refractivity contribution in [2.75, 3.05) is 0 Å². The van der Waals surface area contributed by atoms with Gasteiger partial charge in [0.1, 0.15) is 5.82 Å². The number of rotatable bonds is 4. The summed E-state index contributed by atoms with van der Waals surface area (Å²) in [5.74, 6) is -0.401. The molecule has 2 rings (SSSR count). The molecule has 0 spiro atoms. The molecule has 3 heteroatoms. The highest BCUT2D eigenvalue weighted by molar-refractivity contribution is 6.30. The van der Waals surface area contributed by atoms with E-state index in [0.717, 1.165) is 17.5 Å². The van der Waals surface area contributed by atoms with Crippen LogP contribution in [0.25, 0.3) is 0 Å². The van der Waals surface area contributed by atoms with Crippen molar-refractivity contribution in [1.82, 2.24) is 0 Å². The van der Waals surface area contributed by atoms with Crippen LogP contribution in [0.2, 0.25) is 5.02 Å². The molecule has 1 atom stereocenters. The summed E-state index contributed by atoms with van der Waals surface area (Å²) in [5, 5.41) is 0.139. The highest BCUT2D eigenvalue weighted by Gasteiger charge is 2.22. The van der Waals surface area contributed by atoms with E-state index >= 15 is 0 Å². The van der Waals surface area contributed by atoms with Gasteiger partial charge in [-0.2, -0.15) is 0 Å². The predicted molar refractivity (Wildman–Crippen MR) is 82.5 cm³/mol. The Morgan fingerprint density at radius 3 is 2.25 bits per heavy atom. The largest absolute Gasteiger partial charge is 0.321 e. The first-order valence-electron chi connectivity index (χ1n) is 6.74. The van der Waals surface area contributed by atoms with Crippen molar-refractivity contribution in [2.24, 2.45) is 5.73 Å². The van der Waals surface area contributed by atoms with Crippen molar-refractivity contribution in [1.29, 1.82) is 0 Å². The Kier molecular flexibility index (Phi) is 4.46. The molecule has 0 radical (unpaired) electrons. The zero-order chi connectivity index (χ0) is 14.8. The minimum atomic E-state index is -0.507. The summed E-state index contributed by atoms with van der Waals surface area (Å²) < 4.78 is 13.2. The summed E-state index contributed by atoms with van der Waals surface area (Å²) in [6, 6.07) is 13.1. The van der Waals surface area contributed by atoms with E-state index in [4.69, 9.17) is 17.3 Å². The van der Waals surface area contributed by atoms with Crippen LogP contribution in [-0.4, -0.2) is 0 Å². The Morgan fingerprint density at radius 2 is 1.70 bits per heavy atom. The van der Waals surface area contributed by atoms with Crippen molar-refractivity contribution in [3.8, 4) is 0 Å². The lowest BCUT2D eigenvalue weighted by Crippen LogP contribution is -2.35. The van der Waals surface area contributed by atoms with E-state index in [9.17, 15) is 4.39 Å². The lowest BCUT2D eigenvalue weighted by molar-refractivity contribution is 0.490. The summed E-state index contributed by atoms with van der Waals surface area (Å²) >= 11 is 5.81. The molecule has 2 N–H and O–H groups in total. The third kappa shape index (κ3) is 3.38. The maximum absolute atomic E-state index is 13.2. The maximum Gasteiger partial charge on any atom is 0.141 e. The molecule has 0 saturated heterocycles. The molecule has 0 amide bonds. The first-order valence-corrected chi connectivity index (χ1v) is 7.12. The number of nitrogens with two attached hydrogens (primary N) is 1. The smallest absolute Gasteiger partial charge is 0.141 e. The number of hydrogen-bond donors (Lipinski definition) is 1. The topological polar surface area (TPSA) is 26.0 Å². The molecule has 0 saturated carbocycles. The molecule has 2 aromatic rings. The van der Waals surface area contributed by atoms with Crippen molar-refractivity contribution in [3.05, 3.63) is 70.0 Å². The summed E-state index contributed by atoms with van der Waals surface area (Å²) in [6.45, 7) is 4.10. The van der Waals surface area contributed by atoms with E-state index in [1.807, 2.05) is 6.92 Å². The Labute approximate surface area is 124 Å². The minimum absolute atomic E-state index is 0.139. The van der Waals surface area contributed by atoms with Crippen LogP contribution < -0.4 is 5.73 Å². The molecule has 0 aliphatic heterocycles. The Morgan fingerprint density at radius 1 is 1.10 bits per heavy atom. The average molecular weight is 292 g/mol. The molecule has 0 aromatic heterocycles. The van der Waals surface area contributed by atoms with Crippen molar-refractivity contribution < 1.29 is 4.39 Å². The first kappa shape index (κ1) is 15.0. The lowest BCUT2D eigenvalue weighted by Gasteiger charge is -2.26. The Bertz CT molecular complexity index is 590. The van der Waals surface area contributed by atoms with Gasteiger partial charge in [0.25, 0.3) is 0 Å². The van der Waals surface area contributed by atoms with E-state index in [1.54, 1.807) is 12.1 Å². The molecule has 0 heterocycles. The molecule has 0 fully saturated rings. The average Bonchev–Trinajstić information content (AvgIpc) is 2.43. The lowest BCUT2D eigenvalue weighted by atomic mass is 9.86. The second-order valence-electron chi connectivity index (χ2n) is 5.39. The van der Waals surface area contributed by atoms with Crippen LogP contribution in [0.15, 0.2) is 42.5 Å². The molecule has 0 aliphatic carbocycles. The van der Waals surface area contributed by atoms with Gasteiger partial charge in [0.2, 0.25) is 0 Å². The standard InChI is InChI=1S/C17H19ClFN/c1-3-12-4-7-14(8-5-12)17(2,20)11-13-6-9-16(19)15(18)10-13/h4-10H,3,11,20H2,1-2H3. The van der Waals surface area contributed by atoms with Gasteiger partial charge in [0.05, 0.1) is 5.02 Å². The van der Waals surface area contributed by atoms with E-state index < -0.39 is 11.4 Å². The van der Waals surface area contributed by atoms with Crippen LogP contribution in [0.5, 0.6) is 0 Å². The SMILES string of the molecule is CCc1ccc(C(C)(N)Cc2ccc(F)c(Cl)c2)cc1. The molecule has 1 unspecified atom stereocenters. The monoisotopic (exact) mass is 291 g/mol. The van der Waals surface area contributed by atoms with Crippen LogP contribution in [0.4, 0.5) is 4.39 Å². The number of benzene rings is 2. The van der Waals surface area contributed by atoms with Crippen LogP contribution >= 0.6 is 11.6 Å². The highest BCUT2D eigenvalue weighted by atomic mass is 35.5. The summed E-state index contributed by atoms with van der Waals surface area (Å²) in [4.78, 5) is 0. The van der Waals surface area contributed by atoms with Crippen molar-refractivity contribution >= 4 is 11.6 Å². The van der Waals surface area contributed by atoms with Gasteiger partial charge in [0.15, 0.2) is 0 Å². The number of hydrogen-bond acceptors (Lipinski definition) is 1. The second-order valence-corrected chi connectivity index (χ2v) is 5.80. The minimum Gasteiger partial charge on any atom is -0.321 e. The van der Waals surface area contributed by atoms with E-state index in [1.165, 1.54) is 11.6 Å². The molecular weight excluding hydrogens is 273 g/mol. The highest BCUT2D eigenvalue weighted by Crippen LogP contribution is 2.25. The zero-order valence-electron chi connectivity index (χ0n) is 11.8. The van der Waals surface area contributed by atoms with Gasteiger partial charge in [-0.05, 0) is 48.6 Å². The first-order chi connectivity index (χ1) is 9.42. The fourth-order valence-corrected chi connectivity index (χ4v) is 2.50. The molecule has 0 aliphatic rings. The zero-order valence-corrected chi connectivity index (χ0v) is 12.5. The maximum atomic E-state index is 13.2. The van der Waals surface area contributed by atoms with Crippen molar-refractivity contribution in [3.63, 3.8) is 0 Å². The quantitative estimate of drug-likeness (QED) is 0.884. The Balaban J connectivity index is 2.22. The van der Waals surface area contributed by atoms with Crippen LogP contribution in [0, 0.1) is 5.82 Å². The van der Waals surface area contributed by atoms with Gasteiger partial charge in [-0.25, -0.2) is 4.39 Å². The summed E-state index contributed by atoms with van der Waals surface area (Å²) in [5.41, 5.74) is 9.19. The third-order valence-electron chi connectivity index (χ3n) is 3.58. The summed E-state index contributed by atoms with van der Waals surface area (Å²) in [6.07, 6.45) is 1.62. The summed E-state index contributed by atoms with van der Waals surface area (Å²) in [7, 11) is 0. The fourth-order valence-electron chi connectivity index (χ4n) is 2.30. The molecule has 20 heavy (non-hydrogen) atoms. The molecule has 106 valence electrons. The van der Waals surface area contributed by atoms with Gasteiger partial charge >= 0.3 is 0 Å². The van der Waals surface area contributed by atoms with Gasteiger partial charge in [-0.1, -0.05) is 48.9 Å². The number of aryl methyl sites for hydroxylation is 1. The Hall–Kier alpha value is -1.38. The van der Waals surface area contributed by atoms with Crippen molar-refractivity contribution in [2.45, 2.75) is 32.2 Å². The van der Waals surface area contributed by atoms with Crippen LogP contribution in [-0.2, 0) is 18.4 Å². The normalized spacial score (nSPS) is 14.1. The molecule has 2 aromatic carbocycles. The van der Waals surface area contributed by atoms with Gasteiger partial charge in [0, 0.05) is 5.54 Å². The van der Waals surface area contributed by atoms with Crippen LogP contribution in [0.1, 0.15) is 30.5 Å². The molecular formula is C17H19ClFN. The molecule has 0 bridgehead atoms. The van der Waals surface area contributed by atoms with Gasteiger partial charge in [-0.3, -0.25) is 0 Å². The van der Waals surface area contributed by atoms with E-state index in [-0.39, 0.29) is 5.02 Å². The van der Waals surface area contributed by atoms with E-state index in [2.05, 4.69) is 31.2 Å².